The molecule has 5 heteroatoms. The minimum Gasteiger partial charge on any atom is -0.507 e. The van der Waals surface area contributed by atoms with Crippen molar-refractivity contribution < 1.29 is 24.9 Å². The smallest absolute Gasteiger partial charge is 0.341 e. The third-order valence-corrected chi connectivity index (χ3v) is 1.82. The number of hydrogen-bond donors (Lipinski definition) is 3. The number of ether oxygens (including phenoxy) is 1. The number of esters is 1. The van der Waals surface area contributed by atoms with Crippen LogP contribution in [0, 0.1) is 0 Å². The molecule has 0 atom stereocenters. The zero-order chi connectivity index (χ0) is 10.7. The van der Waals surface area contributed by atoms with Crippen molar-refractivity contribution in [1.29, 1.82) is 0 Å². The molecule has 76 valence electrons. The van der Waals surface area contributed by atoms with Crippen LogP contribution in [-0.2, 0) is 11.3 Å². The van der Waals surface area contributed by atoms with Crippen molar-refractivity contribution >= 4 is 5.97 Å². The first-order valence-corrected chi connectivity index (χ1v) is 3.84. The standard InChI is InChI=1S/C9H10O5/c1-14-9(13)5-2-3-7(11)6(4-10)8(5)12/h2-3,10-12H,4H2,1H3. The van der Waals surface area contributed by atoms with Gasteiger partial charge in [-0.05, 0) is 12.1 Å². The SMILES string of the molecule is COC(=O)c1ccc(O)c(CO)c1O. The summed E-state index contributed by atoms with van der Waals surface area (Å²) in [6.45, 7) is -0.553. The van der Waals surface area contributed by atoms with Crippen molar-refractivity contribution in [2.75, 3.05) is 7.11 Å². The summed E-state index contributed by atoms with van der Waals surface area (Å²) >= 11 is 0. The van der Waals surface area contributed by atoms with Gasteiger partial charge in [0.05, 0.1) is 19.3 Å². The first kappa shape index (κ1) is 10.3. The summed E-state index contributed by atoms with van der Waals surface area (Å²) in [6.07, 6.45) is 0. The van der Waals surface area contributed by atoms with Crippen LogP contribution in [0.2, 0.25) is 0 Å². The van der Waals surface area contributed by atoms with Crippen molar-refractivity contribution in [2.24, 2.45) is 0 Å². The second-order valence-electron chi connectivity index (χ2n) is 2.61. The molecular weight excluding hydrogens is 188 g/mol. The number of benzene rings is 1. The fourth-order valence-corrected chi connectivity index (χ4v) is 1.06. The van der Waals surface area contributed by atoms with Crippen LogP contribution in [0.5, 0.6) is 11.5 Å². The molecule has 0 aliphatic heterocycles. The zero-order valence-corrected chi connectivity index (χ0v) is 7.52. The Morgan fingerprint density at radius 3 is 2.57 bits per heavy atom. The van der Waals surface area contributed by atoms with Crippen LogP contribution < -0.4 is 0 Å². The van der Waals surface area contributed by atoms with Gasteiger partial charge < -0.3 is 20.1 Å². The fraction of sp³-hybridized carbons (Fsp3) is 0.222. The van der Waals surface area contributed by atoms with E-state index in [0.717, 1.165) is 0 Å². The number of rotatable bonds is 2. The van der Waals surface area contributed by atoms with Crippen LogP contribution in [0.15, 0.2) is 12.1 Å². The zero-order valence-electron chi connectivity index (χ0n) is 7.52. The third kappa shape index (κ3) is 1.62. The Bertz CT molecular complexity index is 358. The van der Waals surface area contributed by atoms with Gasteiger partial charge in [-0.2, -0.15) is 0 Å². The second-order valence-corrected chi connectivity index (χ2v) is 2.61. The monoisotopic (exact) mass is 198 g/mol. The van der Waals surface area contributed by atoms with Gasteiger partial charge in [0, 0.05) is 0 Å². The maximum Gasteiger partial charge on any atom is 0.341 e. The van der Waals surface area contributed by atoms with Crippen LogP contribution in [0.3, 0.4) is 0 Å². The summed E-state index contributed by atoms with van der Waals surface area (Å²) in [5.41, 5.74) is -0.178. The molecule has 3 N–H and O–H groups in total. The molecule has 0 radical (unpaired) electrons. The molecular formula is C9H10O5. The van der Waals surface area contributed by atoms with Gasteiger partial charge in [-0.15, -0.1) is 0 Å². The summed E-state index contributed by atoms with van der Waals surface area (Å²) in [4.78, 5) is 11.1. The van der Waals surface area contributed by atoms with E-state index in [0.29, 0.717) is 0 Å². The molecule has 5 nitrogen and oxygen atoms in total. The minimum atomic E-state index is -0.725. The van der Waals surface area contributed by atoms with E-state index in [1.54, 1.807) is 0 Å². The van der Waals surface area contributed by atoms with E-state index in [2.05, 4.69) is 4.74 Å². The molecule has 0 saturated heterocycles. The largest absolute Gasteiger partial charge is 0.507 e. The highest BCUT2D eigenvalue weighted by atomic mass is 16.5. The van der Waals surface area contributed by atoms with Gasteiger partial charge in [0.2, 0.25) is 0 Å². The molecule has 1 rings (SSSR count). The summed E-state index contributed by atoms with van der Waals surface area (Å²) in [7, 11) is 1.17. The first-order chi connectivity index (χ1) is 6.61. The molecule has 0 amide bonds. The molecule has 1 aromatic rings. The average Bonchev–Trinajstić information content (AvgIpc) is 2.18. The molecule has 0 aromatic heterocycles. The van der Waals surface area contributed by atoms with Crippen LogP contribution in [0.25, 0.3) is 0 Å². The Labute approximate surface area is 80.2 Å². The van der Waals surface area contributed by atoms with E-state index >= 15 is 0 Å². The van der Waals surface area contributed by atoms with Crippen LogP contribution in [-0.4, -0.2) is 28.4 Å². The number of hydrogen-bond acceptors (Lipinski definition) is 5. The lowest BCUT2D eigenvalue weighted by Gasteiger charge is -2.07. The van der Waals surface area contributed by atoms with Gasteiger partial charge in [0.25, 0.3) is 0 Å². The Kier molecular flexibility index (Phi) is 2.93. The number of methoxy groups -OCH3 is 1. The normalized spacial score (nSPS) is 9.86. The third-order valence-electron chi connectivity index (χ3n) is 1.82. The maximum atomic E-state index is 11.1. The second kappa shape index (κ2) is 3.97. The van der Waals surface area contributed by atoms with Crippen molar-refractivity contribution in [1.82, 2.24) is 0 Å². The van der Waals surface area contributed by atoms with Crippen molar-refractivity contribution in [3.8, 4) is 11.5 Å². The molecule has 0 saturated carbocycles. The molecule has 0 unspecified atom stereocenters. The Balaban J connectivity index is 3.28. The van der Waals surface area contributed by atoms with Gasteiger partial charge in [0.1, 0.15) is 17.1 Å². The van der Waals surface area contributed by atoms with E-state index in [1.165, 1.54) is 19.2 Å². The quantitative estimate of drug-likeness (QED) is 0.598. The first-order valence-electron chi connectivity index (χ1n) is 3.84. The molecule has 0 bridgehead atoms. The summed E-state index contributed by atoms with van der Waals surface area (Å²) in [6, 6.07) is 2.42. The predicted molar refractivity (Wildman–Crippen MR) is 47.0 cm³/mol. The Morgan fingerprint density at radius 2 is 2.07 bits per heavy atom. The van der Waals surface area contributed by atoms with Gasteiger partial charge in [0.15, 0.2) is 0 Å². The number of aromatic hydroxyl groups is 2. The lowest BCUT2D eigenvalue weighted by Crippen LogP contribution is -2.03. The number of aliphatic hydroxyl groups excluding tert-OH is 1. The lowest BCUT2D eigenvalue weighted by molar-refractivity contribution is 0.0597. The van der Waals surface area contributed by atoms with Crippen molar-refractivity contribution in [3.05, 3.63) is 23.3 Å². The van der Waals surface area contributed by atoms with Crippen LogP contribution in [0.4, 0.5) is 0 Å². The summed E-state index contributed by atoms with van der Waals surface area (Å²) < 4.78 is 4.39. The minimum absolute atomic E-state index is 0.0886. The van der Waals surface area contributed by atoms with Crippen molar-refractivity contribution in [2.45, 2.75) is 6.61 Å². The molecule has 0 heterocycles. The number of carbonyl (C=O) groups excluding carboxylic acids is 1. The molecule has 14 heavy (non-hydrogen) atoms. The summed E-state index contributed by atoms with van der Waals surface area (Å²) in [5, 5.41) is 27.5. The highest BCUT2D eigenvalue weighted by Gasteiger charge is 2.17. The van der Waals surface area contributed by atoms with Gasteiger partial charge in [-0.3, -0.25) is 0 Å². The molecule has 0 aliphatic carbocycles. The highest BCUT2D eigenvalue weighted by molar-refractivity contribution is 5.93. The maximum absolute atomic E-state index is 11.1. The highest BCUT2D eigenvalue weighted by Crippen LogP contribution is 2.30. The molecule has 0 spiro atoms. The van der Waals surface area contributed by atoms with Crippen molar-refractivity contribution in [3.63, 3.8) is 0 Å². The van der Waals surface area contributed by atoms with Gasteiger partial charge >= 0.3 is 5.97 Å². The predicted octanol–water partition coefficient (Wildman–Crippen LogP) is 0.377. The van der Waals surface area contributed by atoms with E-state index < -0.39 is 18.3 Å². The van der Waals surface area contributed by atoms with E-state index in [4.69, 9.17) is 5.11 Å². The average molecular weight is 198 g/mol. The fourth-order valence-electron chi connectivity index (χ4n) is 1.06. The summed E-state index contributed by atoms with van der Waals surface area (Å²) in [5.74, 6) is -1.45. The Morgan fingerprint density at radius 1 is 1.43 bits per heavy atom. The molecule has 1 aromatic carbocycles. The van der Waals surface area contributed by atoms with Gasteiger partial charge in [-0.1, -0.05) is 0 Å². The van der Waals surface area contributed by atoms with Crippen LogP contribution >= 0.6 is 0 Å². The number of phenols is 2. The topological polar surface area (TPSA) is 87.0 Å². The number of carbonyl (C=O) groups is 1. The van der Waals surface area contributed by atoms with E-state index in [9.17, 15) is 15.0 Å². The Hall–Kier alpha value is -1.75. The van der Waals surface area contributed by atoms with Gasteiger partial charge in [-0.25, -0.2) is 4.79 Å². The molecule has 0 fully saturated rings. The molecule has 0 aliphatic rings. The number of aliphatic hydroxyl groups is 1. The lowest BCUT2D eigenvalue weighted by atomic mass is 10.1. The van der Waals surface area contributed by atoms with Crippen LogP contribution in [0.1, 0.15) is 15.9 Å². The van der Waals surface area contributed by atoms with E-state index in [1.807, 2.05) is 0 Å². The van der Waals surface area contributed by atoms with E-state index in [-0.39, 0.29) is 16.9 Å².